The van der Waals surface area contributed by atoms with Gasteiger partial charge in [-0.2, -0.15) is 0 Å². The van der Waals surface area contributed by atoms with Gasteiger partial charge in [-0.3, -0.25) is 4.79 Å². The number of nitrogens with zero attached hydrogens (tertiary/aromatic N) is 1. The lowest BCUT2D eigenvalue weighted by Crippen LogP contribution is -2.44. The van der Waals surface area contributed by atoms with Crippen molar-refractivity contribution in [3.05, 3.63) is 27.7 Å². The zero-order valence-electron chi connectivity index (χ0n) is 12.1. The number of aliphatic carboxylic acids is 1. The minimum Gasteiger partial charge on any atom is -0.481 e. The summed E-state index contributed by atoms with van der Waals surface area (Å²) in [6.45, 7) is 4.80. The molecule has 114 valence electrons. The third-order valence-corrected chi connectivity index (χ3v) is 4.66. The fraction of sp³-hybridized carbons (Fsp3) is 0.467. The molecule has 1 saturated heterocycles. The van der Waals surface area contributed by atoms with Gasteiger partial charge in [0.05, 0.1) is 5.92 Å². The molecular formula is C15H19BrN2O3. The van der Waals surface area contributed by atoms with E-state index >= 15 is 0 Å². The van der Waals surface area contributed by atoms with Crippen molar-refractivity contribution in [2.24, 2.45) is 5.92 Å². The molecule has 1 fully saturated rings. The van der Waals surface area contributed by atoms with Gasteiger partial charge in [0.2, 0.25) is 0 Å². The highest BCUT2D eigenvalue weighted by atomic mass is 79.9. The second kappa shape index (κ2) is 6.47. The molecule has 0 aliphatic carbocycles. The molecule has 0 radical (unpaired) electrons. The fourth-order valence-electron chi connectivity index (χ4n) is 2.52. The lowest BCUT2D eigenvalue weighted by molar-refractivity contribution is -0.143. The van der Waals surface area contributed by atoms with Crippen molar-refractivity contribution in [1.82, 2.24) is 4.90 Å². The van der Waals surface area contributed by atoms with Crippen molar-refractivity contribution in [3.8, 4) is 0 Å². The van der Waals surface area contributed by atoms with E-state index in [1.165, 1.54) is 0 Å². The number of rotatable bonds is 2. The normalized spacial score (nSPS) is 18.4. The standard InChI is InChI=1S/C15H19BrN2O3/c1-9-6-10(2)13(7-12(9)16)17-15(21)18-5-3-4-11(8-18)14(19)20/h6-7,11H,3-5,8H2,1-2H3,(H,17,21)(H,19,20). The Bertz CT molecular complexity index is 574. The largest absolute Gasteiger partial charge is 0.481 e. The second-order valence-corrected chi connectivity index (χ2v) is 6.32. The number of carboxylic acids is 1. The number of carboxylic acid groups (broad SMARTS) is 1. The van der Waals surface area contributed by atoms with E-state index in [1.807, 2.05) is 26.0 Å². The number of halogens is 1. The molecule has 1 atom stereocenters. The highest BCUT2D eigenvalue weighted by Crippen LogP contribution is 2.25. The molecular weight excluding hydrogens is 336 g/mol. The van der Waals surface area contributed by atoms with E-state index < -0.39 is 11.9 Å². The van der Waals surface area contributed by atoms with Crippen LogP contribution in [0.4, 0.5) is 10.5 Å². The summed E-state index contributed by atoms with van der Waals surface area (Å²) in [5.74, 6) is -1.29. The molecule has 0 bridgehead atoms. The van der Waals surface area contributed by atoms with E-state index in [0.29, 0.717) is 13.0 Å². The summed E-state index contributed by atoms with van der Waals surface area (Å²) in [5, 5.41) is 11.9. The van der Waals surface area contributed by atoms with E-state index in [4.69, 9.17) is 5.11 Å². The first-order chi connectivity index (χ1) is 9.88. The first-order valence-electron chi connectivity index (χ1n) is 6.94. The molecule has 1 unspecified atom stereocenters. The van der Waals surface area contributed by atoms with E-state index in [1.54, 1.807) is 4.90 Å². The number of benzene rings is 1. The number of carbonyl (C=O) groups is 2. The molecule has 1 aliphatic heterocycles. The number of aryl methyl sites for hydroxylation is 2. The summed E-state index contributed by atoms with van der Waals surface area (Å²) in [5.41, 5.74) is 2.83. The van der Waals surface area contributed by atoms with Crippen LogP contribution in [0.25, 0.3) is 0 Å². The van der Waals surface area contributed by atoms with Crippen molar-refractivity contribution in [2.45, 2.75) is 26.7 Å². The highest BCUT2D eigenvalue weighted by Gasteiger charge is 2.28. The first kappa shape index (κ1) is 15.8. The molecule has 0 saturated carbocycles. The summed E-state index contributed by atoms with van der Waals surface area (Å²) in [6.07, 6.45) is 1.36. The van der Waals surface area contributed by atoms with Gasteiger partial charge in [0.25, 0.3) is 0 Å². The number of urea groups is 1. The Balaban J connectivity index is 2.07. The lowest BCUT2D eigenvalue weighted by atomic mass is 9.99. The van der Waals surface area contributed by atoms with E-state index in [0.717, 1.165) is 27.7 Å². The van der Waals surface area contributed by atoms with Crippen LogP contribution in [0.5, 0.6) is 0 Å². The number of carbonyl (C=O) groups excluding carboxylic acids is 1. The van der Waals surface area contributed by atoms with Crippen molar-refractivity contribution < 1.29 is 14.7 Å². The zero-order valence-corrected chi connectivity index (χ0v) is 13.7. The summed E-state index contributed by atoms with van der Waals surface area (Å²) < 4.78 is 0.936. The van der Waals surface area contributed by atoms with Crippen LogP contribution in [0.2, 0.25) is 0 Å². The Kier molecular flexibility index (Phi) is 4.88. The Labute approximate surface area is 132 Å². The van der Waals surface area contributed by atoms with Crippen LogP contribution in [0, 0.1) is 19.8 Å². The number of anilines is 1. The monoisotopic (exact) mass is 354 g/mol. The molecule has 2 amide bonds. The van der Waals surface area contributed by atoms with Crippen LogP contribution in [0.3, 0.4) is 0 Å². The number of piperidine rings is 1. The zero-order chi connectivity index (χ0) is 15.6. The summed E-state index contributed by atoms with van der Waals surface area (Å²) in [4.78, 5) is 24.9. The molecule has 2 rings (SSSR count). The predicted molar refractivity (Wildman–Crippen MR) is 84.6 cm³/mol. The fourth-order valence-corrected chi connectivity index (χ4v) is 2.86. The number of likely N-dealkylation sites (tertiary alicyclic amines) is 1. The average molecular weight is 355 g/mol. The maximum absolute atomic E-state index is 12.3. The Morgan fingerprint density at radius 1 is 1.33 bits per heavy atom. The topological polar surface area (TPSA) is 69.6 Å². The van der Waals surface area contributed by atoms with Gasteiger partial charge in [-0.15, -0.1) is 0 Å². The second-order valence-electron chi connectivity index (χ2n) is 5.47. The van der Waals surface area contributed by atoms with Gasteiger partial charge in [0.15, 0.2) is 0 Å². The van der Waals surface area contributed by atoms with Gasteiger partial charge in [-0.05, 0) is 43.9 Å². The van der Waals surface area contributed by atoms with Crippen LogP contribution >= 0.6 is 15.9 Å². The van der Waals surface area contributed by atoms with Gasteiger partial charge in [0, 0.05) is 23.2 Å². The van der Waals surface area contributed by atoms with Crippen LogP contribution in [-0.2, 0) is 4.79 Å². The number of nitrogens with one attached hydrogen (secondary N) is 1. The molecule has 6 heteroatoms. The maximum Gasteiger partial charge on any atom is 0.321 e. The van der Waals surface area contributed by atoms with Gasteiger partial charge in [0.1, 0.15) is 0 Å². The molecule has 1 aliphatic rings. The van der Waals surface area contributed by atoms with Gasteiger partial charge in [-0.25, -0.2) is 4.79 Å². The van der Waals surface area contributed by atoms with Crippen LogP contribution in [0.1, 0.15) is 24.0 Å². The van der Waals surface area contributed by atoms with Gasteiger partial charge >= 0.3 is 12.0 Å². The minimum atomic E-state index is -0.832. The molecule has 5 nitrogen and oxygen atoms in total. The summed E-state index contributed by atoms with van der Waals surface area (Å²) in [6, 6.07) is 3.64. The predicted octanol–water partition coefficient (Wildman–Crippen LogP) is 3.39. The minimum absolute atomic E-state index is 0.236. The van der Waals surface area contributed by atoms with Crippen molar-refractivity contribution in [2.75, 3.05) is 18.4 Å². The SMILES string of the molecule is Cc1cc(C)c(NC(=O)N2CCCC(C(=O)O)C2)cc1Br. The molecule has 0 spiro atoms. The van der Waals surface area contributed by atoms with Gasteiger partial charge < -0.3 is 15.3 Å². The van der Waals surface area contributed by atoms with Crippen LogP contribution in [0.15, 0.2) is 16.6 Å². The van der Waals surface area contributed by atoms with E-state index in [2.05, 4.69) is 21.2 Å². The third kappa shape index (κ3) is 3.75. The Hall–Kier alpha value is -1.56. The first-order valence-corrected chi connectivity index (χ1v) is 7.73. The molecule has 21 heavy (non-hydrogen) atoms. The number of hydrogen-bond donors (Lipinski definition) is 2. The molecule has 1 aromatic rings. The highest BCUT2D eigenvalue weighted by molar-refractivity contribution is 9.10. The number of hydrogen-bond acceptors (Lipinski definition) is 2. The maximum atomic E-state index is 12.3. The van der Waals surface area contributed by atoms with Crippen molar-refractivity contribution >= 4 is 33.6 Å². The smallest absolute Gasteiger partial charge is 0.321 e. The summed E-state index contributed by atoms with van der Waals surface area (Å²) >= 11 is 3.45. The van der Waals surface area contributed by atoms with E-state index in [-0.39, 0.29) is 12.6 Å². The van der Waals surface area contributed by atoms with Crippen molar-refractivity contribution in [1.29, 1.82) is 0 Å². The third-order valence-electron chi connectivity index (χ3n) is 3.81. The van der Waals surface area contributed by atoms with Crippen LogP contribution in [-0.4, -0.2) is 35.1 Å². The summed E-state index contributed by atoms with van der Waals surface area (Å²) in [7, 11) is 0. The quantitative estimate of drug-likeness (QED) is 0.854. The molecule has 2 N–H and O–H groups in total. The Morgan fingerprint density at radius 3 is 2.71 bits per heavy atom. The van der Waals surface area contributed by atoms with Crippen molar-refractivity contribution in [3.63, 3.8) is 0 Å². The average Bonchev–Trinajstić information content (AvgIpc) is 2.44. The van der Waals surface area contributed by atoms with Gasteiger partial charge in [-0.1, -0.05) is 22.0 Å². The number of amides is 2. The van der Waals surface area contributed by atoms with Crippen LogP contribution < -0.4 is 5.32 Å². The van der Waals surface area contributed by atoms with E-state index in [9.17, 15) is 9.59 Å². The molecule has 1 heterocycles. The molecule has 0 aromatic heterocycles. The molecule has 1 aromatic carbocycles. The Morgan fingerprint density at radius 2 is 2.05 bits per heavy atom. The lowest BCUT2D eigenvalue weighted by Gasteiger charge is -2.31.